The molecule has 0 bridgehead atoms. The van der Waals surface area contributed by atoms with E-state index in [1.54, 1.807) is 11.1 Å². The van der Waals surface area contributed by atoms with Gasteiger partial charge < -0.3 is 0 Å². The lowest BCUT2D eigenvalue weighted by Gasteiger charge is -1.91. The molecule has 1 aromatic carbocycles. The predicted octanol–water partition coefficient (Wildman–Crippen LogP) is 0.390. The molecule has 2 rings (SSSR count). The summed E-state index contributed by atoms with van der Waals surface area (Å²) in [6.07, 6.45) is 1.54. The number of aromatic nitrogens is 4. The van der Waals surface area contributed by atoms with E-state index in [-0.39, 0.29) is 0 Å². The number of nitrogens with one attached hydrogen (secondary N) is 1. The average Bonchev–Trinajstić information content (AvgIpc) is 2.58. The first kappa shape index (κ1) is 6.97. The highest BCUT2D eigenvalue weighted by atomic mass is 15.6. The molecule has 1 heterocycles. The lowest BCUT2D eigenvalue weighted by atomic mass is 10.2. The van der Waals surface area contributed by atoms with E-state index in [1.807, 2.05) is 24.3 Å². The number of aryl methyl sites for hydroxylation is 1. The van der Waals surface area contributed by atoms with Gasteiger partial charge in [0, 0.05) is 0 Å². The van der Waals surface area contributed by atoms with Crippen LogP contribution in [0.4, 0.5) is 0 Å². The molecule has 0 radical (unpaired) electrons. The number of hydrogen-bond acceptors (Lipinski definition) is 2. The SMILES string of the molecule is Cc1ccc(-[n+]2nnc[nH]2)cc1. The van der Waals surface area contributed by atoms with Gasteiger partial charge in [-0.2, -0.15) is 5.10 Å². The van der Waals surface area contributed by atoms with Gasteiger partial charge in [-0.05, 0) is 23.9 Å². The molecule has 0 saturated carbocycles. The van der Waals surface area contributed by atoms with Gasteiger partial charge in [-0.1, -0.05) is 17.7 Å². The Bertz CT molecular complexity index is 349. The molecular formula is C8H9N4+. The summed E-state index contributed by atoms with van der Waals surface area (Å²) in [5.41, 5.74) is 2.22. The van der Waals surface area contributed by atoms with Gasteiger partial charge in [0.05, 0.1) is 5.10 Å². The summed E-state index contributed by atoms with van der Waals surface area (Å²) in [6, 6.07) is 8.04. The molecule has 2 aromatic rings. The molecule has 0 unspecified atom stereocenters. The normalized spacial score (nSPS) is 10.1. The highest BCUT2D eigenvalue weighted by molar-refractivity contribution is 5.25. The summed E-state index contributed by atoms with van der Waals surface area (Å²) >= 11 is 0. The van der Waals surface area contributed by atoms with E-state index in [9.17, 15) is 0 Å². The monoisotopic (exact) mass is 161 g/mol. The molecule has 0 saturated heterocycles. The van der Waals surface area contributed by atoms with E-state index in [0.29, 0.717) is 0 Å². The first-order chi connectivity index (χ1) is 5.86. The summed E-state index contributed by atoms with van der Waals surface area (Å²) in [4.78, 5) is 1.61. The number of aromatic amines is 1. The Morgan fingerprint density at radius 1 is 1.25 bits per heavy atom. The second-order valence-electron chi connectivity index (χ2n) is 2.61. The lowest BCUT2D eigenvalue weighted by Crippen LogP contribution is -2.35. The number of rotatable bonds is 1. The minimum absolute atomic E-state index is 0.984. The Hall–Kier alpha value is -1.71. The molecule has 0 atom stereocenters. The van der Waals surface area contributed by atoms with Gasteiger partial charge in [0.2, 0.25) is 0 Å². The third-order valence-corrected chi connectivity index (χ3v) is 1.66. The molecule has 0 aliphatic carbocycles. The van der Waals surface area contributed by atoms with E-state index in [2.05, 4.69) is 22.3 Å². The van der Waals surface area contributed by atoms with Gasteiger partial charge >= 0.3 is 0 Å². The van der Waals surface area contributed by atoms with Crippen LogP contribution in [-0.4, -0.2) is 15.4 Å². The number of tetrazole rings is 1. The molecule has 60 valence electrons. The first-order valence-electron chi connectivity index (χ1n) is 3.72. The Morgan fingerprint density at radius 3 is 2.58 bits per heavy atom. The summed E-state index contributed by atoms with van der Waals surface area (Å²) < 4.78 is 0. The van der Waals surface area contributed by atoms with Crippen molar-refractivity contribution in [2.45, 2.75) is 6.92 Å². The molecule has 0 amide bonds. The zero-order valence-electron chi connectivity index (χ0n) is 6.73. The van der Waals surface area contributed by atoms with Crippen molar-refractivity contribution in [2.24, 2.45) is 0 Å². The summed E-state index contributed by atoms with van der Waals surface area (Å²) in [5, 5.41) is 10.4. The van der Waals surface area contributed by atoms with E-state index < -0.39 is 0 Å². The molecule has 0 aliphatic rings. The van der Waals surface area contributed by atoms with E-state index >= 15 is 0 Å². The predicted molar refractivity (Wildman–Crippen MR) is 42.7 cm³/mol. The third-order valence-electron chi connectivity index (χ3n) is 1.66. The third kappa shape index (κ3) is 1.18. The Balaban J connectivity index is 2.43. The second kappa shape index (κ2) is 2.73. The molecule has 12 heavy (non-hydrogen) atoms. The minimum atomic E-state index is 0.984. The number of H-pyrrole nitrogens is 1. The smallest absolute Gasteiger partial charge is 0.166 e. The topological polar surface area (TPSA) is 45.5 Å². The summed E-state index contributed by atoms with van der Waals surface area (Å²) in [7, 11) is 0. The van der Waals surface area contributed by atoms with Crippen LogP contribution in [0.1, 0.15) is 5.56 Å². The fourth-order valence-corrected chi connectivity index (χ4v) is 0.996. The van der Waals surface area contributed by atoms with Gasteiger partial charge in [-0.25, -0.2) is 0 Å². The average molecular weight is 161 g/mol. The van der Waals surface area contributed by atoms with Crippen LogP contribution in [0, 0.1) is 6.92 Å². The summed E-state index contributed by atoms with van der Waals surface area (Å²) in [6.45, 7) is 2.05. The van der Waals surface area contributed by atoms with E-state index in [0.717, 1.165) is 5.69 Å². The molecule has 0 fully saturated rings. The van der Waals surface area contributed by atoms with Crippen molar-refractivity contribution in [3.05, 3.63) is 36.2 Å². The van der Waals surface area contributed by atoms with Crippen molar-refractivity contribution in [1.82, 2.24) is 15.4 Å². The zero-order chi connectivity index (χ0) is 8.39. The largest absolute Gasteiger partial charge is 0.269 e. The van der Waals surface area contributed by atoms with E-state index in [1.165, 1.54) is 5.56 Å². The van der Waals surface area contributed by atoms with Crippen molar-refractivity contribution in [3.63, 3.8) is 0 Å². The van der Waals surface area contributed by atoms with E-state index in [4.69, 9.17) is 0 Å². The summed E-state index contributed by atoms with van der Waals surface area (Å²) in [5.74, 6) is 0. The van der Waals surface area contributed by atoms with Crippen LogP contribution in [-0.2, 0) is 0 Å². The van der Waals surface area contributed by atoms with Crippen LogP contribution < -0.4 is 4.80 Å². The second-order valence-corrected chi connectivity index (χ2v) is 2.61. The minimum Gasteiger partial charge on any atom is -0.166 e. The van der Waals surface area contributed by atoms with Crippen molar-refractivity contribution in [1.29, 1.82) is 0 Å². The zero-order valence-corrected chi connectivity index (χ0v) is 6.73. The molecule has 1 aromatic heterocycles. The number of benzene rings is 1. The van der Waals surface area contributed by atoms with Crippen LogP contribution in [0.2, 0.25) is 0 Å². The highest BCUT2D eigenvalue weighted by Gasteiger charge is 2.03. The van der Waals surface area contributed by atoms with Crippen LogP contribution in [0.3, 0.4) is 0 Å². The van der Waals surface area contributed by atoms with Crippen molar-refractivity contribution in [3.8, 4) is 5.69 Å². The van der Waals surface area contributed by atoms with Gasteiger partial charge in [-0.15, -0.1) is 0 Å². The molecular weight excluding hydrogens is 152 g/mol. The van der Waals surface area contributed by atoms with Gasteiger partial charge in [0.25, 0.3) is 6.33 Å². The number of nitrogens with zero attached hydrogens (tertiary/aromatic N) is 3. The van der Waals surface area contributed by atoms with Gasteiger partial charge in [-0.3, -0.25) is 0 Å². The molecule has 0 spiro atoms. The number of hydrogen-bond donors (Lipinski definition) is 1. The quantitative estimate of drug-likeness (QED) is 0.615. The standard InChI is InChI=1S/C8H8N4/c1-7-2-4-8(5-3-7)12-10-6-9-11-12/h2-6H,1H3/p+1. The van der Waals surface area contributed by atoms with Crippen LogP contribution in [0.25, 0.3) is 5.69 Å². The van der Waals surface area contributed by atoms with Crippen molar-refractivity contribution < 1.29 is 4.80 Å². The maximum atomic E-state index is 3.83. The van der Waals surface area contributed by atoms with Crippen molar-refractivity contribution >= 4 is 0 Å². The van der Waals surface area contributed by atoms with Crippen LogP contribution in [0.15, 0.2) is 30.6 Å². The molecule has 4 heteroatoms. The first-order valence-corrected chi connectivity index (χ1v) is 3.72. The maximum Gasteiger partial charge on any atom is 0.269 e. The van der Waals surface area contributed by atoms with Crippen molar-refractivity contribution in [2.75, 3.05) is 0 Å². The fraction of sp³-hybridized carbons (Fsp3) is 0.125. The Labute approximate surface area is 69.8 Å². The van der Waals surface area contributed by atoms with Gasteiger partial charge in [0.1, 0.15) is 0 Å². The maximum absolute atomic E-state index is 3.83. The van der Waals surface area contributed by atoms with Crippen LogP contribution >= 0.6 is 0 Å². The molecule has 4 nitrogen and oxygen atoms in total. The fourth-order valence-electron chi connectivity index (χ4n) is 0.996. The molecule has 1 N–H and O–H groups in total. The van der Waals surface area contributed by atoms with Crippen LogP contribution in [0.5, 0.6) is 0 Å². The van der Waals surface area contributed by atoms with Gasteiger partial charge in [0.15, 0.2) is 10.9 Å². The Kier molecular flexibility index (Phi) is 1.59. The Morgan fingerprint density at radius 2 is 2.00 bits per heavy atom. The molecule has 0 aliphatic heterocycles. The highest BCUT2D eigenvalue weighted by Crippen LogP contribution is 2.00. The lowest BCUT2D eigenvalue weighted by molar-refractivity contribution is -0.716.